The van der Waals surface area contributed by atoms with Crippen LogP contribution in [0.3, 0.4) is 0 Å². The van der Waals surface area contributed by atoms with Crippen LogP contribution in [0, 0.1) is 0 Å². The van der Waals surface area contributed by atoms with Crippen molar-refractivity contribution in [3.05, 3.63) is 48.0 Å². The highest BCUT2D eigenvalue weighted by Gasteiger charge is 2.36. The molecule has 0 aliphatic carbocycles. The third kappa shape index (κ3) is 5.75. The SMILES string of the molecule is CC(C)(C)[Si](C)(C)OCCC=CCc1ccccc1. The first-order valence-corrected chi connectivity index (χ1v) is 10.1. The summed E-state index contributed by atoms with van der Waals surface area (Å²) in [5, 5.41) is 0.306. The van der Waals surface area contributed by atoms with E-state index < -0.39 is 8.32 Å². The van der Waals surface area contributed by atoms with Gasteiger partial charge in [-0.25, -0.2) is 0 Å². The Morgan fingerprint density at radius 1 is 1.05 bits per heavy atom. The van der Waals surface area contributed by atoms with Crippen LogP contribution in [-0.2, 0) is 10.8 Å². The minimum atomic E-state index is -1.56. The lowest BCUT2D eigenvalue weighted by Crippen LogP contribution is -2.40. The van der Waals surface area contributed by atoms with Crippen LogP contribution in [0.1, 0.15) is 32.8 Å². The fraction of sp³-hybridized carbons (Fsp3) is 0.529. The van der Waals surface area contributed by atoms with Crippen LogP contribution < -0.4 is 0 Å². The van der Waals surface area contributed by atoms with Gasteiger partial charge < -0.3 is 4.43 Å². The zero-order valence-corrected chi connectivity index (χ0v) is 14.1. The van der Waals surface area contributed by atoms with Gasteiger partial charge in [-0.15, -0.1) is 0 Å². The van der Waals surface area contributed by atoms with E-state index in [0.717, 1.165) is 19.4 Å². The standard InChI is InChI=1S/C17H28OSi/c1-17(2,3)19(4,5)18-15-11-7-10-14-16-12-8-6-9-13-16/h6-10,12-13H,11,14-15H2,1-5H3. The van der Waals surface area contributed by atoms with Crippen molar-refractivity contribution >= 4 is 8.32 Å². The van der Waals surface area contributed by atoms with E-state index in [4.69, 9.17) is 4.43 Å². The van der Waals surface area contributed by atoms with Gasteiger partial charge in [0.2, 0.25) is 0 Å². The van der Waals surface area contributed by atoms with E-state index >= 15 is 0 Å². The second-order valence-corrected chi connectivity index (χ2v) is 11.4. The molecule has 0 fully saturated rings. The molecule has 1 aromatic carbocycles. The Balaban J connectivity index is 2.25. The van der Waals surface area contributed by atoms with Gasteiger partial charge in [-0.3, -0.25) is 0 Å². The molecule has 0 aliphatic heterocycles. The molecule has 1 rings (SSSR count). The Morgan fingerprint density at radius 2 is 1.68 bits per heavy atom. The Morgan fingerprint density at radius 3 is 2.26 bits per heavy atom. The molecule has 0 aliphatic rings. The van der Waals surface area contributed by atoms with Crippen molar-refractivity contribution in [3.8, 4) is 0 Å². The van der Waals surface area contributed by atoms with Gasteiger partial charge in [0.1, 0.15) is 0 Å². The quantitative estimate of drug-likeness (QED) is 0.394. The minimum Gasteiger partial charge on any atom is -0.417 e. The molecule has 0 bridgehead atoms. The molecule has 0 aromatic heterocycles. The van der Waals surface area contributed by atoms with E-state index in [-0.39, 0.29) is 0 Å². The maximum Gasteiger partial charge on any atom is 0.191 e. The zero-order chi connectivity index (χ0) is 14.4. The third-order valence-electron chi connectivity index (χ3n) is 3.92. The van der Waals surface area contributed by atoms with Crippen LogP contribution in [0.4, 0.5) is 0 Å². The normalized spacial score (nSPS) is 13.1. The third-order valence-corrected chi connectivity index (χ3v) is 8.45. The molecule has 0 spiro atoms. The lowest BCUT2D eigenvalue weighted by Gasteiger charge is -2.36. The van der Waals surface area contributed by atoms with Crippen LogP contribution in [-0.4, -0.2) is 14.9 Å². The van der Waals surface area contributed by atoms with Crippen molar-refractivity contribution < 1.29 is 4.43 Å². The first-order valence-electron chi connectivity index (χ1n) is 7.16. The molecule has 0 amide bonds. The predicted octanol–water partition coefficient (Wildman–Crippen LogP) is 5.20. The molecular formula is C17H28OSi. The van der Waals surface area contributed by atoms with Gasteiger partial charge in [0.25, 0.3) is 0 Å². The summed E-state index contributed by atoms with van der Waals surface area (Å²) in [6.45, 7) is 12.3. The fourth-order valence-corrected chi connectivity index (χ4v) is 2.61. The van der Waals surface area contributed by atoms with Crippen molar-refractivity contribution in [1.82, 2.24) is 0 Å². The van der Waals surface area contributed by atoms with Gasteiger partial charge in [0, 0.05) is 6.61 Å². The average molecular weight is 276 g/mol. The van der Waals surface area contributed by atoms with Gasteiger partial charge in [0.05, 0.1) is 0 Å². The van der Waals surface area contributed by atoms with Crippen molar-refractivity contribution in [3.63, 3.8) is 0 Å². The summed E-state index contributed by atoms with van der Waals surface area (Å²) >= 11 is 0. The van der Waals surface area contributed by atoms with Gasteiger partial charge in [0.15, 0.2) is 8.32 Å². The Hall–Kier alpha value is -0.863. The zero-order valence-electron chi connectivity index (χ0n) is 13.1. The maximum atomic E-state index is 6.13. The number of allylic oxidation sites excluding steroid dienone is 1. The van der Waals surface area contributed by atoms with Crippen molar-refractivity contribution in [2.45, 2.75) is 51.7 Å². The molecular weight excluding hydrogens is 248 g/mol. The Bertz CT molecular complexity index is 387. The average Bonchev–Trinajstić information content (AvgIpc) is 2.33. The van der Waals surface area contributed by atoms with Crippen molar-refractivity contribution in [2.24, 2.45) is 0 Å². The summed E-state index contributed by atoms with van der Waals surface area (Å²) in [6, 6.07) is 10.6. The largest absolute Gasteiger partial charge is 0.417 e. The first kappa shape index (κ1) is 16.2. The van der Waals surface area contributed by atoms with E-state index in [1.54, 1.807) is 0 Å². The van der Waals surface area contributed by atoms with Gasteiger partial charge in [-0.05, 0) is 36.5 Å². The van der Waals surface area contributed by atoms with Crippen LogP contribution in [0.25, 0.3) is 0 Å². The van der Waals surface area contributed by atoms with E-state index in [0.29, 0.717) is 5.04 Å². The molecule has 0 unspecified atom stereocenters. The molecule has 1 aromatic rings. The maximum absolute atomic E-state index is 6.13. The highest BCUT2D eigenvalue weighted by Crippen LogP contribution is 2.36. The molecule has 19 heavy (non-hydrogen) atoms. The molecule has 0 radical (unpaired) electrons. The Kier molecular flexibility index (Phi) is 6.02. The monoisotopic (exact) mass is 276 g/mol. The fourth-order valence-electron chi connectivity index (χ4n) is 1.55. The molecule has 1 nitrogen and oxygen atoms in total. The topological polar surface area (TPSA) is 9.23 Å². The van der Waals surface area contributed by atoms with Crippen LogP contribution in [0.5, 0.6) is 0 Å². The van der Waals surface area contributed by atoms with Gasteiger partial charge in [-0.2, -0.15) is 0 Å². The van der Waals surface area contributed by atoms with E-state index in [2.05, 4.69) is 76.3 Å². The second kappa shape index (κ2) is 7.06. The van der Waals surface area contributed by atoms with E-state index in [1.165, 1.54) is 5.56 Å². The molecule has 2 heteroatoms. The molecule has 0 saturated heterocycles. The van der Waals surface area contributed by atoms with Crippen molar-refractivity contribution in [1.29, 1.82) is 0 Å². The molecule has 0 atom stereocenters. The number of hydrogen-bond donors (Lipinski definition) is 0. The summed E-state index contributed by atoms with van der Waals surface area (Å²) in [7, 11) is -1.56. The smallest absolute Gasteiger partial charge is 0.191 e. The highest BCUT2D eigenvalue weighted by atomic mass is 28.4. The summed E-state index contributed by atoms with van der Waals surface area (Å²) in [6.07, 6.45) is 6.50. The minimum absolute atomic E-state index is 0.306. The number of rotatable bonds is 6. The lowest BCUT2D eigenvalue weighted by molar-refractivity contribution is 0.294. The second-order valence-electron chi connectivity index (χ2n) is 6.56. The van der Waals surface area contributed by atoms with Crippen LogP contribution in [0.15, 0.2) is 42.5 Å². The van der Waals surface area contributed by atoms with Gasteiger partial charge in [-0.1, -0.05) is 63.3 Å². The van der Waals surface area contributed by atoms with Crippen LogP contribution in [0.2, 0.25) is 18.1 Å². The molecule has 106 valence electrons. The lowest BCUT2D eigenvalue weighted by atomic mass is 10.1. The summed E-state index contributed by atoms with van der Waals surface area (Å²) in [5.41, 5.74) is 1.36. The van der Waals surface area contributed by atoms with Gasteiger partial charge >= 0.3 is 0 Å². The van der Waals surface area contributed by atoms with E-state index in [1.807, 2.05) is 0 Å². The number of benzene rings is 1. The molecule has 0 N–H and O–H groups in total. The molecule has 0 saturated carbocycles. The van der Waals surface area contributed by atoms with E-state index in [9.17, 15) is 0 Å². The summed E-state index contributed by atoms with van der Waals surface area (Å²) in [4.78, 5) is 0. The first-order chi connectivity index (χ1) is 8.83. The molecule has 0 heterocycles. The summed E-state index contributed by atoms with van der Waals surface area (Å²) in [5.74, 6) is 0. The highest BCUT2D eigenvalue weighted by molar-refractivity contribution is 6.74. The van der Waals surface area contributed by atoms with Crippen molar-refractivity contribution in [2.75, 3.05) is 6.61 Å². The Labute approximate surface area is 119 Å². The van der Waals surface area contributed by atoms with Crippen LogP contribution >= 0.6 is 0 Å². The number of hydrogen-bond acceptors (Lipinski definition) is 1. The predicted molar refractivity (Wildman–Crippen MR) is 87.1 cm³/mol. The summed E-state index contributed by atoms with van der Waals surface area (Å²) < 4.78 is 6.13.